The average Bonchev–Trinajstić information content (AvgIpc) is 3.19. The summed E-state index contributed by atoms with van der Waals surface area (Å²) in [5.41, 5.74) is 0.933. The van der Waals surface area contributed by atoms with Gasteiger partial charge in [-0.05, 0) is 49.2 Å². The highest BCUT2D eigenvalue weighted by molar-refractivity contribution is 7.10. The second kappa shape index (κ2) is 9.55. The highest BCUT2D eigenvalue weighted by Gasteiger charge is 2.25. The quantitative estimate of drug-likeness (QED) is 0.765. The molecule has 0 saturated carbocycles. The molecule has 1 aliphatic heterocycles. The highest BCUT2D eigenvalue weighted by atomic mass is 35.5. The monoisotopic (exact) mass is 407 g/mol. The number of rotatable bonds is 7. The van der Waals surface area contributed by atoms with Crippen LogP contribution in [0.15, 0.2) is 35.7 Å². The molecule has 1 N–H and O–H groups in total. The maximum Gasteiger partial charge on any atom is 0.258 e. The van der Waals surface area contributed by atoms with Crippen molar-refractivity contribution in [2.75, 3.05) is 46.4 Å². The zero-order valence-corrected chi connectivity index (χ0v) is 17.4. The molecule has 0 aliphatic carbocycles. The molecule has 146 valence electrons. The molecule has 27 heavy (non-hydrogen) atoms. The Balaban J connectivity index is 1.53. The number of hydrogen-bond donors (Lipinski definition) is 1. The van der Waals surface area contributed by atoms with Crippen LogP contribution in [0.4, 0.5) is 0 Å². The van der Waals surface area contributed by atoms with Gasteiger partial charge in [-0.15, -0.1) is 11.3 Å². The summed E-state index contributed by atoms with van der Waals surface area (Å²) in [5, 5.41) is 5.82. The van der Waals surface area contributed by atoms with Crippen molar-refractivity contribution in [2.45, 2.75) is 13.0 Å². The number of halogens is 1. The Hall–Kier alpha value is -1.60. The number of likely N-dealkylation sites (N-methyl/N-ethyl adjacent to an activating group) is 1. The first-order valence-corrected chi connectivity index (χ1v) is 10.4. The molecule has 1 fully saturated rings. The molecule has 1 amide bonds. The van der Waals surface area contributed by atoms with E-state index in [0.29, 0.717) is 17.3 Å². The van der Waals surface area contributed by atoms with Gasteiger partial charge in [-0.1, -0.05) is 17.7 Å². The Labute approximate surface area is 169 Å². The van der Waals surface area contributed by atoms with Crippen molar-refractivity contribution in [3.63, 3.8) is 0 Å². The van der Waals surface area contributed by atoms with E-state index in [1.807, 2.05) is 13.0 Å². The summed E-state index contributed by atoms with van der Waals surface area (Å²) in [7, 11) is 2.15. The fourth-order valence-corrected chi connectivity index (χ4v) is 4.12. The predicted molar refractivity (Wildman–Crippen MR) is 111 cm³/mol. The molecule has 2 aromatic rings. The van der Waals surface area contributed by atoms with Gasteiger partial charge in [-0.25, -0.2) is 0 Å². The normalized spacial score (nSPS) is 16.9. The maximum atomic E-state index is 12.3. The third-order valence-corrected chi connectivity index (χ3v) is 6.24. The van der Waals surface area contributed by atoms with Crippen LogP contribution in [-0.4, -0.2) is 62.1 Å². The first kappa shape index (κ1) is 20.1. The molecule has 1 saturated heterocycles. The summed E-state index contributed by atoms with van der Waals surface area (Å²) in [6.45, 7) is 6.62. The molecular formula is C20H26ClN3O2S. The number of amides is 1. The fraction of sp³-hybridized carbons (Fsp3) is 0.450. The number of carbonyl (C=O) groups excluding carboxylic acids is 1. The van der Waals surface area contributed by atoms with Crippen LogP contribution in [0.5, 0.6) is 5.75 Å². The number of carbonyl (C=O) groups is 1. The molecule has 1 aromatic heterocycles. The number of nitrogens with one attached hydrogen (secondary N) is 1. The van der Waals surface area contributed by atoms with Crippen LogP contribution in [-0.2, 0) is 4.79 Å². The van der Waals surface area contributed by atoms with Crippen LogP contribution < -0.4 is 10.1 Å². The minimum atomic E-state index is -0.113. The summed E-state index contributed by atoms with van der Waals surface area (Å²) < 4.78 is 5.60. The van der Waals surface area contributed by atoms with E-state index in [4.69, 9.17) is 16.3 Å². The standard InChI is InChI=1S/C20H26ClN3O2S/c1-15-12-16(5-6-17(15)21)26-14-20(25)22-13-18(19-4-3-11-27-19)24-9-7-23(2)8-10-24/h3-6,11-12,18H,7-10,13-14H2,1-2H3,(H,22,25)/t18-/m1/s1. The molecule has 5 nitrogen and oxygen atoms in total. The SMILES string of the molecule is Cc1cc(OCC(=O)NC[C@H](c2cccs2)N2CCN(C)CC2)ccc1Cl. The van der Waals surface area contributed by atoms with Crippen molar-refractivity contribution in [2.24, 2.45) is 0 Å². The smallest absolute Gasteiger partial charge is 0.258 e. The molecule has 1 aromatic carbocycles. The lowest BCUT2D eigenvalue weighted by Crippen LogP contribution is -2.48. The number of thiophene rings is 1. The number of nitrogens with zero attached hydrogens (tertiary/aromatic N) is 2. The summed E-state index contributed by atoms with van der Waals surface area (Å²) >= 11 is 7.76. The van der Waals surface area contributed by atoms with E-state index in [0.717, 1.165) is 31.7 Å². The van der Waals surface area contributed by atoms with Crippen LogP contribution in [0.1, 0.15) is 16.5 Å². The Kier molecular flexibility index (Phi) is 7.13. The van der Waals surface area contributed by atoms with Gasteiger partial charge in [-0.2, -0.15) is 0 Å². The van der Waals surface area contributed by atoms with E-state index in [9.17, 15) is 4.79 Å². The van der Waals surface area contributed by atoms with Gasteiger partial charge in [0, 0.05) is 42.6 Å². The molecular weight excluding hydrogens is 382 g/mol. The molecule has 0 bridgehead atoms. The van der Waals surface area contributed by atoms with Crippen molar-refractivity contribution in [1.29, 1.82) is 0 Å². The fourth-order valence-electron chi connectivity index (χ4n) is 3.14. The molecule has 1 atom stereocenters. The van der Waals surface area contributed by atoms with Crippen molar-refractivity contribution in [1.82, 2.24) is 15.1 Å². The van der Waals surface area contributed by atoms with E-state index in [2.05, 4.69) is 39.7 Å². The molecule has 7 heteroatoms. The van der Waals surface area contributed by atoms with E-state index in [-0.39, 0.29) is 18.6 Å². The maximum absolute atomic E-state index is 12.3. The Bertz CT molecular complexity index is 746. The highest BCUT2D eigenvalue weighted by Crippen LogP contribution is 2.25. The lowest BCUT2D eigenvalue weighted by Gasteiger charge is -2.37. The molecule has 2 heterocycles. The van der Waals surface area contributed by atoms with Crippen molar-refractivity contribution < 1.29 is 9.53 Å². The minimum absolute atomic E-state index is 0.000963. The van der Waals surface area contributed by atoms with Gasteiger partial charge in [0.15, 0.2) is 6.61 Å². The molecule has 0 unspecified atom stereocenters. The van der Waals surface area contributed by atoms with Gasteiger partial charge in [0.25, 0.3) is 5.91 Å². The number of hydrogen-bond acceptors (Lipinski definition) is 5. The van der Waals surface area contributed by atoms with Crippen LogP contribution in [0, 0.1) is 6.92 Å². The molecule has 1 aliphatic rings. The average molecular weight is 408 g/mol. The Morgan fingerprint density at radius 1 is 1.30 bits per heavy atom. The van der Waals surface area contributed by atoms with E-state index >= 15 is 0 Å². The number of benzene rings is 1. The first-order chi connectivity index (χ1) is 13.0. The Morgan fingerprint density at radius 3 is 2.74 bits per heavy atom. The summed E-state index contributed by atoms with van der Waals surface area (Å²) in [5.74, 6) is 0.541. The van der Waals surface area contributed by atoms with E-state index in [1.54, 1.807) is 23.5 Å². The second-order valence-corrected chi connectivity index (χ2v) is 8.26. The zero-order valence-electron chi connectivity index (χ0n) is 15.8. The van der Waals surface area contributed by atoms with Gasteiger partial charge < -0.3 is 15.0 Å². The lowest BCUT2D eigenvalue weighted by molar-refractivity contribution is -0.123. The van der Waals surface area contributed by atoms with Gasteiger partial charge in [0.2, 0.25) is 0 Å². The molecule has 0 radical (unpaired) electrons. The van der Waals surface area contributed by atoms with E-state index in [1.165, 1.54) is 4.88 Å². The van der Waals surface area contributed by atoms with Crippen molar-refractivity contribution >= 4 is 28.8 Å². The van der Waals surface area contributed by atoms with Crippen molar-refractivity contribution in [3.8, 4) is 5.75 Å². The van der Waals surface area contributed by atoms with Gasteiger partial charge in [-0.3, -0.25) is 9.69 Å². The third-order valence-electron chi connectivity index (χ3n) is 4.84. The van der Waals surface area contributed by atoms with Crippen LogP contribution >= 0.6 is 22.9 Å². The van der Waals surface area contributed by atoms with Gasteiger partial charge >= 0.3 is 0 Å². The summed E-state index contributed by atoms with van der Waals surface area (Å²) in [6, 6.07) is 9.82. The minimum Gasteiger partial charge on any atom is -0.484 e. The van der Waals surface area contributed by atoms with Crippen LogP contribution in [0.25, 0.3) is 0 Å². The topological polar surface area (TPSA) is 44.8 Å². The summed E-state index contributed by atoms with van der Waals surface area (Å²) in [6.07, 6.45) is 0. The number of aryl methyl sites for hydroxylation is 1. The predicted octanol–water partition coefficient (Wildman–Crippen LogP) is 3.19. The van der Waals surface area contributed by atoms with Crippen molar-refractivity contribution in [3.05, 3.63) is 51.2 Å². The van der Waals surface area contributed by atoms with Gasteiger partial charge in [0.05, 0.1) is 6.04 Å². The zero-order chi connectivity index (χ0) is 19.2. The Morgan fingerprint density at radius 2 is 2.07 bits per heavy atom. The largest absolute Gasteiger partial charge is 0.484 e. The second-order valence-electron chi connectivity index (χ2n) is 6.87. The van der Waals surface area contributed by atoms with Crippen LogP contribution in [0.2, 0.25) is 5.02 Å². The van der Waals surface area contributed by atoms with E-state index < -0.39 is 0 Å². The number of piperazine rings is 1. The molecule has 3 rings (SSSR count). The summed E-state index contributed by atoms with van der Waals surface area (Å²) in [4.78, 5) is 18.4. The third kappa shape index (κ3) is 5.69. The van der Waals surface area contributed by atoms with Gasteiger partial charge in [0.1, 0.15) is 5.75 Å². The number of ether oxygens (including phenoxy) is 1. The first-order valence-electron chi connectivity index (χ1n) is 9.14. The van der Waals surface area contributed by atoms with Crippen LogP contribution in [0.3, 0.4) is 0 Å². The lowest BCUT2D eigenvalue weighted by atomic mass is 10.1. The molecule has 0 spiro atoms.